The van der Waals surface area contributed by atoms with E-state index in [1.807, 2.05) is 32.2 Å². The maximum atomic E-state index is 5.36. The zero-order valence-corrected chi connectivity index (χ0v) is 14.0. The third-order valence-corrected chi connectivity index (χ3v) is 3.56. The highest BCUT2D eigenvalue weighted by Gasteiger charge is 2.12. The molecule has 7 nitrogen and oxygen atoms in total. The number of hydrogen-bond donors (Lipinski definition) is 1. The summed E-state index contributed by atoms with van der Waals surface area (Å²) >= 11 is 0. The first-order valence-electron chi connectivity index (χ1n) is 7.13. The molecular formula is C15H19ClN6O. The van der Waals surface area contributed by atoms with Gasteiger partial charge in [0, 0.05) is 18.0 Å². The Balaban J connectivity index is 0.00000192. The molecule has 1 aromatic carbocycles. The summed E-state index contributed by atoms with van der Waals surface area (Å²) in [5.74, 6) is 1.24. The molecule has 0 saturated carbocycles. The van der Waals surface area contributed by atoms with Crippen LogP contribution in [-0.4, -0.2) is 38.0 Å². The van der Waals surface area contributed by atoms with Gasteiger partial charge in [-0.1, -0.05) is 5.16 Å². The lowest BCUT2D eigenvalue weighted by molar-refractivity contribution is 0.418. The smallest absolute Gasteiger partial charge is 0.257 e. The Bertz CT molecular complexity index is 755. The molecule has 0 saturated heterocycles. The van der Waals surface area contributed by atoms with E-state index in [1.165, 1.54) is 6.33 Å². The molecule has 0 spiro atoms. The lowest BCUT2D eigenvalue weighted by Crippen LogP contribution is -2.24. The van der Waals surface area contributed by atoms with Gasteiger partial charge in [0.2, 0.25) is 0 Å². The molecule has 0 aliphatic carbocycles. The van der Waals surface area contributed by atoms with Gasteiger partial charge >= 0.3 is 0 Å². The lowest BCUT2D eigenvalue weighted by Gasteiger charge is -2.06. The predicted molar refractivity (Wildman–Crippen MR) is 88.9 cm³/mol. The minimum absolute atomic E-state index is 0. The van der Waals surface area contributed by atoms with Crippen molar-refractivity contribution in [3.8, 4) is 17.1 Å². The van der Waals surface area contributed by atoms with E-state index in [-0.39, 0.29) is 12.4 Å². The third-order valence-electron chi connectivity index (χ3n) is 3.56. The van der Waals surface area contributed by atoms with Crippen LogP contribution in [0.15, 0.2) is 35.4 Å². The quantitative estimate of drug-likeness (QED) is 0.770. The van der Waals surface area contributed by atoms with E-state index in [0.29, 0.717) is 17.8 Å². The molecule has 1 atom stereocenters. The highest BCUT2D eigenvalue weighted by Crippen LogP contribution is 2.22. The summed E-state index contributed by atoms with van der Waals surface area (Å²) in [6, 6.07) is 6.24. The molecule has 0 radical (unpaired) electrons. The van der Waals surface area contributed by atoms with E-state index in [1.54, 1.807) is 11.0 Å². The van der Waals surface area contributed by atoms with E-state index < -0.39 is 0 Å². The number of nitrogens with one attached hydrogen (secondary N) is 1. The molecule has 3 rings (SSSR count). The zero-order valence-electron chi connectivity index (χ0n) is 13.2. The molecule has 3 aromatic rings. The molecule has 8 heteroatoms. The second-order valence-corrected chi connectivity index (χ2v) is 5.25. The maximum Gasteiger partial charge on any atom is 0.257 e. The van der Waals surface area contributed by atoms with Gasteiger partial charge in [0.05, 0.1) is 5.69 Å². The maximum absolute atomic E-state index is 5.36. The molecule has 1 unspecified atom stereocenters. The van der Waals surface area contributed by atoms with Crippen molar-refractivity contribution in [2.45, 2.75) is 26.3 Å². The van der Waals surface area contributed by atoms with E-state index in [9.17, 15) is 0 Å². The molecule has 1 N–H and O–H groups in total. The van der Waals surface area contributed by atoms with Crippen LogP contribution < -0.4 is 5.32 Å². The van der Waals surface area contributed by atoms with Gasteiger partial charge < -0.3 is 9.84 Å². The number of aryl methyl sites for hydroxylation is 1. The Morgan fingerprint density at radius 3 is 2.83 bits per heavy atom. The van der Waals surface area contributed by atoms with Crippen molar-refractivity contribution in [2.75, 3.05) is 7.05 Å². The van der Waals surface area contributed by atoms with Crippen molar-refractivity contribution in [3.63, 3.8) is 0 Å². The van der Waals surface area contributed by atoms with Gasteiger partial charge in [-0.15, -0.1) is 12.4 Å². The summed E-state index contributed by atoms with van der Waals surface area (Å²) in [5.41, 5.74) is 2.94. The number of benzene rings is 1. The van der Waals surface area contributed by atoms with Gasteiger partial charge in [-0.3, -0.25) is 0 Å². The van der Waals surface area contributed by atoms with Crippen molar-refractivity contribution >= 4 is 12.4 Å². The Hall–Kier alpha value is -2.25. The van der Waals surface area contributed by atoms with Crippen LogP contribution in [0.1, 0.15) is 18.3 Å². The summed E-state index contributed by atoms with van der Waals surface area (Å²) in [5, 5.41) is 11.3. The predicted octanol–water partition coefficient (Wildman–Crippen LogP) is 2.20. The molecule has 0 fully saturated rings. The fourth-order valence-electron chi connectivity index (χ4n) is 2.21. The van der Waals surface area contributed by atoms with Crippen molar-refractivity contribution in [3.05, 3.63) is 42.2 Å². The number of likely N-dealkylation sites (N-methyl/N-ethyl adjacent to an activating group) is 1. The van der Waals surface area contributed by atoms with E-state index >= 15 is 0 Å². The standard InChI is InChI=1S/C15H18N6O.ClH/c1-10-6-12(4-5-13(10)21-9-17-8-18-21)15-19-14(20-22-15)7-11(2)16-3;/h4-6,8-9,11,16H,7H2,1-3H3;1H. The molecule has 0 aliphatic heterocycles. The first-order chi connectivity index (χ1) is 10.7. The monoisotopic (exact) mass is 334 g/mol. The molecule has 0 aliphatic rings. The molecular weight excluding hydrogens is 316 g/mol. The fraction of sp³-hybridized carbons (Fsp3) is 0.333. The summed E-state index contributed by atoms with van der Waals surface area (Å²) < 4.78 is 7.09. The van der Waals surface area contributed by atoms with Crippen LogP contribution in [0.4, 0.5) is 0 Å². The second kappa shape index (κ2) is 7.34. The average molecular weight is 335 g/mol. The number of nitrogens with zero attached hydrogens (tertiary/aromatic N) is 5. The highest BCUT2D eigenvalue weighted by atomic mass is 35.5. The van der Waals surface area contributed by atoms with Crippen LogP contribution in [0.25, 0.3) is 17.1 Å². The van der Waals surface area contributed by atoms with Crippen LogP contribution in [0.3, 0.4) is 0 Å². The summed E-state index contributed by atoms with van der Waals surface area (Å²) in [7, 11) is 1.91. The Kier molecular flexibility index (Phi) is 5.46. The lowest BCUT2D eigenvalue weighted by atomic mass is 10.1. The van der Waals surface area contributed by atoms with Gasteiger partial charge in [0.1, 0.15) is 12.7 Å². The van der Waals surface area contributed by atoms with Gasteiger partial charge in [-0.2, -0.15) is 10.1 Å². The zero-order chi connectivity index (χ0) is 15.5. The van der Waals surface area contributed by atoms with Gasteiger partial charge in [-0.25, -0.2) is 9.67 Å². The topological polar surface area (TPSA) is 81.7 Å². The summed E-state index contributed by atoms with van der Waals surface area (Å²) in [6.07, 6.45) is 3.92. The summed E-state index contributed by atoms with van der Waals surface area (Å²) in [6.45, 7) is 4.09. The molecule has 0 bridgehead atoms. The first-order valence-corrected chi connectivity index (χ1v) is 7.13. The molecule has 23 heavy (non-hydrogen) atoms. The molecule has 2 aromatic heterocycles. The van der Waals surface area contributed by atoms with E-state index in [2.05, 4.69) is 32.5 Å². The van der Waals surface area contributed by atoms with Crippen LogP contribution in [0.5, 0.6) is 0 Å². The van der Waals surface area contributed by atoms with Gasteiger partial charge in [-0.05, 0) is 44.7 Å². The average Bonchev–Trinajstić information content (AvgIpc) is 3.18. The second-order valence-electron chi connectivity index (χ2n) is 5.25. The molecule has 122 valence electrons. The van der Waals surface area contributed by atoms with Crippen LogP contribution in [0, 0.1) is 6.92 Å². The van der Waals surface area contributed by atoms with Crippen molar-refractivity contribution in [1.82, 2.24) is 30.2 Å². The van der Waals surface area contributed by atoms with Crippen LogP contribution in [-0.2, 0) is 6.42 Å². The Morgan fingerprint density at radius 1 is 1.35 bits per heavy atom. The molecule has 2 heterocycles. The number of aromatic nitrogens is 5. The van der Waals surface area contributed by atoms with Crippen LogP contribution >= 0.6 is 12.4 Å². The van der Waals surface area contributed by atoms with Crippen molar-refractivity contribution in [1.29, 1.82) is 0 Å². The third kappa shape index (κ3) is 3.75. The van der Waals surface area contributed by atoms with E-state index in [0.717, 1.165) is 23.2 Å². The van der Waals surface area contributed by atoms with Crippen LogP contribution in [0.2, 0.25) is 0 Å². The minimum Gasteiger partial charge on any atom is -0.334 e. The number of hydrogen-bond acceptors (Lipinski definition) is 6. The summed E-state index contributed by atoms with van der Waals surface area (Å²) in [4.78, 5) is 8.41. The van der Waals surface area contributed by atoms with Crippen molar-refractivity contribution < 1.29 is 4.52 Å². The first kappa shape index (κ1) is 17.1. The van der Waals surface area contributed by atoms with Crippen molar-refractivity contribution in [2.24, 2.45) is 0 Å². The Labute approximate surface area is 140 Å². The van der Waals surface area contributed by atoms with Gasteiger partial charge in [0.15, 0.2) is 5.82 Å². The van der Waals surface area contributed by atoms with E-state index in [4.69, 9.17) is 4.52 Å². The van der Waals surface area contributed by atoms with Gasteiger partial charge in [0.25, 0.3) is 5.89 Å². The highest BCUT2D eigenvalue weighted by molar-refractivity contribution is 5.85. The largest absolute Gasteiger partial charge is 0.334 e. The SMILES string of the molecule is CNC(C)Cc1noc(-c2ccc(-n3cncn3)c(C)c2)n1.Cl. The molecule has 0 amide bonds. The Morgan fingerprint density at radius 2 is 2.17 bits per heavy atom. The fourth-order valence-corrected chi connectivity index (χ4v) is 2.21. The normalized spacial score (nSPS) is 12.0. The number of halogens is 1. The number of rotatable bonds is 5. The minimum atomic E-state index is 0.